The number of hydrogen-bond acceptors (Lipinski definition) is 4. The lowest BCUT2D eigenvalue weighted by molar-refractivity contribution is -0.148. The minimum atomic E-state index is -4.43. The van der Waals surface area contributed by atoms with Gasteiger partial charge in [0.15, 0.2) is 5.54 Å². The molecule has 2 heterocycles. The number of alkyl halides is 3. The minimum absolute atomic E-state index is 0.131. The highest BCUT2D eigenvalue weighted by Crippen LogP contribution is 2.28. The summed E-state index contributed by atoms with van der Waals surface area (Å²) in [6.07, 6.45) is -4.30. The summed E-state index contributed by atoms with van der Waals surface area (Å²) >= 11 is 0. The number of aryl methyl sites for hydroxylation is 1. The van der Waals surface area contributed by atoms with E-state index in [9.17, 15) is 27.9 Å². The summed E-state index contributed by atoms with van der Waals surface area (Å²) in [5, 5.41) is 15.7. The third kappa shape index (κ3) is 3.94. The van der Waals surface area contributed by atoms with Crippen molar-refractivity contribution < 1.29 is 32.6 Å². The van der Waals surface area contributed by atoms with Crippen LogP contribution in [0.2, 0.25) is 0 Å². The van der Waals surface area contributed by atoms with Gasteiger partial charge in [-0.15, -0.1) is 0 Å². The molecule has 0 saturated carbocycles. The third-order valence-corrected chi connectivity index (χ3v) is 4.39. The van der Waals surface area contributed by atoms with Gasteiger partial charge in [0.25, 0.3) is 0 Å². The molecule has 1 aliphatic rings. The Morgan fingerprint density at radius 3 is 2.56 bits per heavy atom. The topological polar surface area (TPSA) is 93.5 Å². The van der Waals surface area contributed by atoms with Gasteiger partial charge in [-0.1, -0.05) is 0 Å². The van der Waals surface area contributed by atoms with E-state index in [1.807, 2.05) is 0 Å². The predicted molar refractivity (Wildman–Crippen MR) is 80.1 cm³/mol. The lowest BCUT2D eigenvalue weighted by Crippen LogP contribution is -2.56. The number of carbonyl (C=O) groups excluding carboxylic acids is 1. The summed E-state index contributed by atoms with van der Waals surface area (Å²) in [5.74, 6) is -2.64. The first-order chi connectivity index (χ1) is 11.5. The maximum absolute atomic E-state index is 12.6. The Kier molecular flexibility index (Phi) is 5.12. The van der Waals surface area contributed by atoms with Crippen LogP contribution >= 0.6 is 0 Å². The first kappa shape index (κ1) is 19.2. The Bertz CT molecular complexity index is 678. The molecule has 1 aliphatic heterocycles. The molecule has 2 rings (SSSR count). The molecule has 2 N–H and O–H groups in total. The van der Waals surface area contributed by atoms with Crippen LogP contribution in [-0.2, 0) is 20.9 Å². The van der Waals surface area contributed by atoms with Crippen molar-refractivity contribution in [1.82, 2.24) is 15.1 Å². The van der Waals surface area contributed by atoms with Gasteiger partial charge in [-0.25, -0.2) is 4.79 Å². The van der Waals surface area contributed by atoms with Gasteiger partial charge in [0.05, 0.1) is 18.2 Å². The van der Waals surface area contributed by atoms with E-state index < -0.39 is 36.1 Å². The van der Waals surface area contributed by atoms with Crippen LogP contribution in [0.1, 0.15) is 36.2 Å². The monoisotopic (exact) mass is 363 g/mol. The van der Waals surface area contributed by atoms with Gasteiger partial charge >= 0.3 is 12.1 Å². The summed E-state index contributed by atoms with van der Waals surface area (Å²) in [5.41, 5.74) is -0.614. The molecule has 1 amide bonds. The van der Waals surface area contributed by atoms with E-state index >= 15 is 0 Å². The molecule has 140 valence electrons. The quantitative estimate of drug-likeness (QED) is 0.827. The van der Waals surface area contributed by atoms with Gasteiger partial charge in [0.1, 0.15) is 6.54 Å². The normalized spacial score (nSPS) is 22.0. The fourth-order valence-corrected chi connectivity index (χ4v) is 3.02. The molecule has 1 aromatic heterocycles. The molecule has 2 atom stereocenters. The molecule has 0 bridgehead atoms. The number of amides is 1. The smallest absolute Gasteiger partial charge is 0.408 e. The van der Waals surface area contributed by atoms with Crippen molar-refractivity contribution in [1.29, 1.82) is 0 Å². The van der Waals surface area contributed by atoms with Crippen molar-refractivity contribution in [3.8, 4) is 0 Å². The molecule has 7 nitrogen and oxygen atoms in total. The number of halogens is 3. The number of carboxylic acid groups (broad SMARTS) is 1. The Balaban J connectivity index is 2.24. The molecule has 1 fully saturated rings. The summed E-state index contributed by atoms with van der Waals surface area (Å²) in [6.45, 7) is 3.30. The minimum Gasteiger partial charge on any atom is -0.479 e. The predicted octanol–water partition coefficient (Wildman–Crippen LogP) is 1.53. The molecule has 1 aromatic rings. The van der Waals surface area contributed by atoms with Crippen LogP contribution in [0.15, 0.2) is 0 Å². The van der Waals surface area contributed by atoms with E-state index in [2.05, 4.69) is 10.4 Å². The first-order valence-electron chi connectivity index (χ1n) is 7.70. The lowest BCUT2D eigenvalue weighted by Gasteiger charge is -2.25. The number of hydrogen-bond donors (Lipinski definition) is 2. The Hall–Kier alpha value is -2.10. The zero-order chi connectivity index (χ0) is 19.0. The van der Waals surface area contributed by atoms with Crippen LogP contribution in [0, 0.1) is 13.8 Å². The summed E-state index contributed by atoms with van der Waals surface area (Å²) < 4.78 is 43.7. The average molecular weight is 363 g/mol. The zero-order valence-corrected chi connectivity index (χ0v) is 14.1. The second-order valence-electron chi connectivity index (χ2n) is 6.26. The van der Waals surface area contributed by atoms with Crippen molar-refractivity contribution >= 4 is 11.9 Å². The van der Waals surface area contributed by atoms with Gasteiger partial charge in [-0.2, -0.15) is 18.3 Å². The largest absolute Gasteiger partial charge is 0.479 e. The van der Waals surface area contributed by atoms with Gasteiger partial charge in [0, 0.05) is 24.3 Å². The summed E-state index contributed by atoms with van der Waals surface area (Å²) in [6, 6.07) is 0. The molecular weight excluding hydrogens is 343 g/mol. The number of ether oxygens (including phenoxy) is 1. The fraction of sp³-hybridized carbons (Fsp3) is 0.667. The van der Waals surface area contributed by atoms with Crippen molar-refractivity contribution in [3.63, 3.8) is 0 Å². The van der Waals surface area contributed by atoms with Gasteiger partial charge < -0.3 is 15.2 Å². The maximum Gasteiger partial charge on any atom is 0.408 e. The molecule has 0 spiro atoms. The second-order valence-corrected chi connectivity index (χ2v) is 6.26. The summed E-state index contributed by atoms with van der Waals surface area (Å²) in [7, 11) is 0. The number of aliphatic carboxylic acids is 1. The zero-order valence-electron chi connectivity index (χ0n) is 14.1. The molecule has 1 saturated heterocycles. The first-order valence-corrected chi connectivity index (χ1v) is 7.70. The molecule has 2 unspecified atom stereocenters. The van der Waals surface area contributed by atoms with Crippen molar-refractivity contribution in [2.24, 2.45) is 0 Å². The highest BCUT2D eigenvalue weighted by Gasteiger charge is 2.45. The van der Waals surface area contributed by atoms with Crippen LogP contribution in [-0.4, -0.2) is 51.7 Å². The van der Waals surface area contributed by atoms with Crippen molar-refractivity contribution in [3.05, 3.63) is 17.0 Å². The van der Waals surface area contributed by atoms with Crippen LogP contribution in [0.25, 0.3) is 0 Å². The van der Waals surface area contributed by atoms with Gasteiger partial charge in [-0.3, -0.25) is 9.48 Å². The fourth-order valence-electron chi connectivity index (χ4n) is 3.02. The van der Waals surface area contributed by atoms with Crippen LogP contribution in [0.4, 0.5) is 13.2 Å². The highest BCUT2D eigenvalue weighted by molar-refractivity contribution is 5.90. The standard InChI is InChI=1S/C15H20F3N3O4/c1-8(12(22)19-14(13(23)24)4-5-25-7-14)11-9(2)20-21(10(11)3)6-15(16,17)18/h8H,4-7H2,1-3H3,(H,19,22)(H,23,24). The molecular formula is C15H20F3N3O4. The number of nitrogens with one attached hydrogen (secondary N) is 1. The van der Waals surface area contributed by atoms with Crippen LogP contribution in [0.5, 0.6) is 0 Å². The second kappa shape index (κ2) is 6.66. The Labute approximate surface area is 142 Å². The van der Waals surface area contributed by atoms with Crippen LogP contribution in [0.3, 0.4) is 0 Å². The van der Waals surface area contributed by atoms with E-state index in [1.54, 1.807) is 0 Å². The highest BCUT2D eigenvalue weighted by atomic mass is 19.4. The third-order valence-electron chi connectivity index (χ3n) is 4.39. The van der Waals surface area contributed by atoms with Crippen LogP contribution < -0.4 is 5.32 Å². The van der Waals surface area contributed by atoms with E-state index in [0.29, 0.717) is 11.3 Å². The Morgan fingerprint density at radius 1 is 1.44 bits per heavy atom. The number of carboxylic acids is 1. The van der Waals surface area contributed by atoms with E-state index in [0.717, 1.165) is 4.68 Å². The number of rotatable bonds is 5. The Morgan fingerprint density at radius 2 is 2.08 bits per heavy atom. The molecule has 25 heavy (non-hydrogen) atoms. The van der Waals surface area contributed by atoms with E-state index in [4.69, 9.17) is 4.74 Å². The van der Waals surface area contributed by atoms with Crippen molar-refractivity contribution in [2.45, 2.75) is 51.4 Å². The lowest BCUT2D eigenvalue weighted by atomic mass is 9.94. The molecule has 0 aliphatic carbocycles. The van der Waals surface area contributed by atoms with Gasteiger partial charge in [0.2, 0.25) is 5.91 Å². The average Bonchev–Trinajstić information content (AvgIpc) is 3.03. The SMILES string of the molecule is Cc1nn(CC(F)(F)F)c(C)c1C(C)C(=O)NC1(C(=O)O)CCOC1. The molecule has 10 heteroatoms. The van der Waals surface area contributed by atoms with E-state index in [-0.39, 0.29) is 25.3 Å². The van der Waals surface area contributed by atoms with Gasteiger partial charge in [-0.05, 0) is 20.8 Å². The maximum atomic E-state index is 12.6. The molecule has 0 aromatic carbocycles. The number of nitrogens with zero attached hydrogens (tertiary/aromatic N) is 2. The molecule has 0 radical (unpaired) electrons. The number of aromatic nitrogens is 2. The van der Waals surface area contributed by atoms with Crippen molar-refractivity contribution in [2.75, 3.05) is 13.2 Å². The number of carbonyl (C=O) groups is 2. The van der Waals surface area contributed by atoms with E-state index in [1.165, 1.54) is 20.8 Å². The summed E-state index contributed by atoms with van der Waals surface area (Å²) in [4.78, 5) is 24.0.